The Morgan fingerprint density at radius 2 is 0.822 bits per heavy atom. The second-order valence-corrected chi connectivity index (χ2v) is 12.9. The smallest absolute Gasteiger partial charge is 0.0165 e. The van der Waals surface area contributed by atoms with Crippen LogP contribution in [0.25, 0.3) is 76.8 Å². The van der Waals surface area contributed by atoms with Crippen LogP contribution in [0.15, 0.2) is 158 Å². The summed E-state index contributed by atoms with van der Waals surface area (Å²) in [5.74, 6) is 0. The SMILES string of the molecule is CC1(C)c2cc3ccccc3cc2-c2cccc(-c3ccc(-c4c5ccccc5c(-c5ccccc5)c5ccccc45)cc3)c21. The van der Waals surface area contributed by atoms with Crippen molar-refractivity contribution in [3.05, 3.63) is 169 Å². The molecule has 0 amide bonds. The summed E-state index contributed by atoms with van der Waals surface area (Å²) >= 11 is 0. The normalized spacial score (nSPS) is 13.3. The first kappa shape index (κ1) is 26.0. The monoisotopic (exact) mass is 572 g/mol. The summed E-state index contributed by atoms with van der Waals surface area (Å²) in [7, 11) is 0. The van der Waals surface area contributed by atoms with Gasteiger partial charge in [0.15, 0.2) is 0 Å². The zero-order chi connectivity index (χ0) is 30.1. The summed E-state index contributed by atoms with van der Waals surface area (Å²) in [6.07, 6.45) is 0. The molecule has 8 aromatic carbocycles. The highest BCUT2D eigenvalue weighted by molar-refractivity contribution is 6.21. The number of hydrogen-bond donors (Lipinski definition) is 0. The van der Waals surface area contributed by atoms with E-state index in [2.05, 4.69) is 172 Å². The van der Waals surface area contributed by atoms with Gasteiger partial charge in [0, 0.05) is 5.41 Å². The fourth-order valence-electron chi connectivity index (χ4n) is 7.98. The summed E-state index contributed by atoms with van der Waals surface area (Å²) in [5, 5.41) is 7.75. The first-order valence-electron chi connectivity index (χ1n) is 15.9. The predicted octanol–water partition coefficient (Wildman–Crippen LogP) is 12.5. The molecule has 0 radical (unpaired) electrons. The maximum absolute atomic E-state index is 2.41. The largest absolute Gasteiger partial charge is 0.0622 e. The van der Waals surface area contributed by atoms with Crippen LogP contribution >= 0.6 is 0 Å². The van der Waals surface area contributed by atoms with Crippen LogP contribution in [0.5, 0.6) is 0 Å². The van der Waals surface area contributed by atoms with E-state index in [1.807, 2.05) is 0 Å². The fraction of sp³-hybridized carbons (Fsp3) is 0.0667. The van der Waals surface area contributed by atoms with Crippen LogP contribution in [0.1, 0.15) is 25.0 Å². The molecule has 0 saturated heterocycles. The summed E-state index contributed by atoms with van der Waals surface area (Å²) < 4.78 is 0. The lowest BCUT2D eigenvalue weighted by Gasteiger charge is -2.25. The zero-order valence-electron chi connectivity index (χ0n) is 25.5. The lowest BCUT2D eigenvalue weighted by molar-refractivity contribution is 0.663. The van der Waals surface area contributed by atoms with E-state index in [4.69, 9.17) is 0 Å². The van der Waals surface area contributed by atoms with Crippen molar-refractivity contribution in [2.24, 2.45) is 0 Å². The van der Waals surface area contributed by atoms with E-state index in [1.165, 1.54) is 88.0 Å². The van der Waals surface area contributed by atoms with Gasteiger partial charge in [-0.25, -0.2) is 0 Å². The standard InChI is InChI=1S/C45H32/c1-45(2)41-28-33-16-7-6-15-32(33)27-40(41)39-22-12-21-34(44(39)45)29-23-25-31(26-24-29)43-37-19-10-8-17-35(37)42(30-13-4-3-5-14-30)36-18-9-11-20-38(36)43/h3-28H,1-2H3. The molecular formula is C45H32. The maximum Gasteiger partial charge on any atom is 0.0165 e. The van der Waals surface area contributed by atoms with Crippen LogP contribution in [0, 0.1) is 0 Å². The fourth-order valence-corrected chi connectivity index (χ4v) is 7.98. The Bertz CT molecular complexity index is 2370. The van der Waals surface area contributed by atoms with E-state index in [0.29, 0.717) is 0 Å². The number of benzene rings is 8. The van der Waals surface area contributed by atoms with Gasteiger partial charge in [0.05, 0.1) is 0 Å². The van der Waals surface area contributed by atoms with Crippen molar-refractivity contribution >= 4 is 32.3 Å². The molecule has 0 bridgehead atoms. The minimum absolute atomic E-state index is 0.0936. The van der Waals surface area contributed by atoms with E-state index in [9.17, 15) is 0 Å². The lowest BCUT2D eigenvalue weighted by Crippen LogP contribution is -2.16. The van der Waals surface area contributed by atoms with Crippen molar-refractivity contribution in [2.45, 2.75) is 19.3 Å². The lowest BCUT2D eigenvalue weighted by atomic mass is 9.78. The molecule has 8 aromatic rings. The Hall–Kier alpha value is -5.46. The summed E-state index contributed by atoms with van der Waals surface area (Å²) in [6.45, 7) is 4.77. The van der Waals surface area contributed by atoms with Gasteiger partial charge in [-0.15, -0.1) is 0 Å². The predicted molar refractivity (Wildman–Crippen MR) is 193 cm³/mol. The molecule has 0 N–H and O–H groups in total. The maximum atomic E-state index is 2.41. The van der Waals surface area contributed by atoms with E-state index < -0.39 is 0 Å². The van der Waals surface area contributed by atoms with Crippen molar-refractivity contribution in [3.63, 3.8) is 0 Å². The van der Waals surface area contributed by atoms with Crippen molar-refractivity contribution in [1.29, 1.82) is 0 Å². The summed E-state index contributed by atoms with van der Waals surface area (Å²) in [4.78, 5) is 0. The second-order valence-electron chi connectivity index (χ2n) is 12.9. The van der Waals surface area contributed by atoms with Gasteiger partial charge < -0.3 is 0 Å². The van der Waals surface area contributed by atoms with Gasteiger partial charge in [-0.05, 0) is 100 Å². The first-order chi connectivity index (χ1) is 22.1. The first-order valence-corrected chi connectivity index (χ1v) is 15.9. The van der Waals surface area contributed by atoms with Gasteiger partial charge in [0.1, 0.15) is 0 Å². The van der Waals surface area contributed by atoms with E-state index in [0.717, 1.165) is 0 Å². The highest BCUT2D eigenvalue weighted by Crippen LogP contribution is 2.53. The van der Waals surface area contributed by atoms with E-state index in [-0.39, 0.29) is 5.41 Å². The van der Waals surface area contributed by atoms with Crippen LogP contribution < -0.4 is 0 Å². The highest BCUT2D eigenvalue weighted by atomic mass is 14.4. The molecule has 0 atom stereocenters. The van der Waals surface area contributed by atoms with Gasteiger partial charge >= 0.3 is 0 Å². The Kier molecular flexibility index (Phi) is 5.64. The van der Waals surface area contributed by atoms with E-state index >= 15 is 0 Å². The molecule has 0 heteroatoms. The van der Waals surface area contributed by atoms with Crippen molar-refractivity contribution in [3.8, 4) is 44.5 Å². The molecule has 0 saturated carbocycles. The molecule has 212 valence electrons. The number of fused-ring (bicyclic) bond motifs is 6. The molecule has 0 nitrogen and oxygen atoms in total. The minimum atomic E-state index is -0.0936. The third-order valence-electron chi connectivity index (χ3n) is 10.0. The van der Waals surface area contributed by atoms with Crippen LogP contribution in [-0.2, 0) is 5.41 Å². The topological polar surface area (TPSA) is 0 Å². The third-order valence-corrected chi connectivity index (χ3v) is 10.0. The molecule has 0 fully saturated rings. The van der Waals surface area contributed by atoms with Crippen LogP contribution in [0.4, 0.5) is 0 Å². The van der Waals surface area contributed by atoms with Crippen LogP contribution in [0.3, 0.4) is 0 Å². The van der Waals surface area contributed by atoms with Gasteiger partial charge in [0.2, 0.25) is 0 Å². The van der Waals surface area contributed by atoms with E-state index in [1.54, 1.807) is 0 Å². The molecule has 0 aromatic heterocycles. The van der Waals surface area contributed by atoms with Gasteiger partial charge in [-0.2, -0.15) is 0 Å². The molecule has 0 unspecified atom stereocenters. The highest BCUT2D eigenvalue weighted by Gasteiger charge is 2.37. The molecular weight excluding hydrogens is 540 g/mol. The minimum Gasteiger partial charge on any atom is -0.0622 e. The summed E-state index contributed by atoms with van der Waals surface area (Å²) in [6, 6.07) is 58.3. The summed E-state index contributed by atoms with van der Waals surface area (Å²) in [5.41, 5.74) is 13.1. The van der Waals surface area contributed by atoms with Gasteiger partial charge in [-0.3, -0.25) is 0 Å². The average molecular weight is 573 g/mol. The van der Waals surface area contributed by atoms with Gasteiger partial charge in [-0.1, -0.05) is 159 Å². The van der Waals surface area contributed by atoms with Crippen LogP contribution in [0.2, 0.25) is 0 Å². The Morgan fingerprint density at radius 3 is 1.42 bits per heavy atom. The van der Waals surface area contributed by atoms with Gasteiger partial charge in [0.25, 0.3) is 0 Å². The Balaban J connectivity index is 1.22. The molecule has 0 heterocycles. The molecule has 1 aliphatic rings. The van der Waals surface area contributed by atoms with Crippen molar-refractivity contribution < 1.29 is 0 Å². The number of hydrogen-bond acceptors (Lipinski definition) is 0. The van der Waals surface area contributed by atoms with Crippen molar-refractivity contribution in [1.82, 2.24) is 0 Å². The molecule has 45 heavy (non-hydrogen) atoms. The third kappa shape index (κ3) is 3.85. The molecule has 9 rings (SSSR count). The average Bonchev–Trinajstić information content (AvgIpc) is 3.32. The quantitative estimate of drug-likeness (QED) is 0.185. The number of rotatable bonds is 3. The Morgan fingerprint density at radius 1 is 0.356 bits per heavy atom. The molecule has 1 aliphatic carbocycles. The Labute approximate surface area is 264 Å². The van der Waals surface area contributed by atoms with Crippen LogP contribution in [-0.4, -0.2) is 0 Å². The second kappa shape index (κ2) is 9.78. The molecule has 0 aliphatic heterocycles. The van der Waals surface area contributed by atoms with Crippen molar-refractivity contribution in [2.75, 3.05) is 0 Å². The molecule has 0 spiro atoms. The zero-order valence-corrected chi connectivity index (χ0v) is 25.5.